The number of aromatic nitrogens is 4. The second-order valence-corrected chi connectivity index (χ2v) is 24.0. The van der Waals surface area contributed by atoms with Crippen LogP contribution in [0, 0.1) is 27.8 Å². The van der Waals surface area contributed by atoms with Crippen LogP contribution >= 0.6 is 22.6 Å². The first-order valence-electron chi connectivity index (χ1n) is 31.5. The number of nitrogens with zero attached hydrogens (tertiary/aromatic N) is 6. The zero-order valence-corrected chi connectivity index (χ0v) is 53.6. The first-order valence-corrected chi connectivity index (χ1v) is 32.6. The number of benzene rings is 4. The average molecular weight is 1240 g/mol. The van der Waals surface area contributed by atoms with Crippen LogP contribution < -0.4 is 5.32 Å². The molecular weight excluding hydrogens is 1150 g/mol. The van der Waals surface area contributed by atoms with Crippen LogP contribution in [0.2, 0.25) is 0 Å². The van der Waals surface area contributed by atoms with Crippen molar-refractivity contribution < 1.29 is 19.1 Å². The molecule has 0 radical (unpaired) electrons. The van der Waals surface area contributed by atoms with Gasteiger partial charge in [-0.3, -0.25) is 9.80 Å². The summed E-state index contributed by atoms with van der Waals surface area (Å²) >= 11 is 2.47. The van der Waals surface area contributed by atoms with Gasteiger partial charge in [0.25, 0.3) is 0 Å². The number of fused-ring (bicyclic) bond motifs is 8. The summed E-state index contributed by atoms with van der Waals surface area (Å²) in [5.41, 5.74) is 15.7. The van der Waals surface area contributed by atoms with Crippen LogP contribution in [0.25, 0.3) is 66.1 Å². The van der Waals surface area contributed by atoms with Gasteiger partial charge in [0.1, 0.15) is 0 Å². The zero-order chi connectivity index (χ0) is 59.3. The highest BCUT2D eigenvalue weighted by molar-refractivity contribution is 14.1. The van der Waals surface area contributed by atoms with E-state index in [-0.39, 0.29) is 11.9 Å². The molecule has 12 heteroatoms. The molecule has 0 unspecified atom stereocenters. The highest BCUT2D eigenvalue weighted by atomic mass is 127. The molecular formula is C72H90IN7O4. The summed E-state index contributed by atoms with van der Waals surface area (Å²) in [6.07, 6.45) is 24.5. The zero-order valence-electron chi connectivity index (χ0n) is 51.5. The second-order valence-electron chi connectivity index (χ2n) is 22.8. The Morgan fingerprint density at radius 1 is 0.583 bits per heavy atom. The molecule has 444 valence electrons. The molecule has 4 aromatic carbocycles. The van der Waals surface area contributed by atoms with Gasteiger partial charge in [-0.25, -0.2) is 9.59 Å². The van der Waals surface area contributed by atoms with Crippen molar-refractivity contribution in [2.45, 2.75) is 157 Å². The molecule has 2 fully saturated rings. The van der Waals surface area contributed by atoms with Crippen LogP contribution in [0.15, 0.2) is 85.2 Å². The highest BCUT2D eigenvalue weighted by Crippen LogP contribution is 2.49. The number of terminal acetylenes is 1. The molecule has 0 bridgehead atoms. The molecule has 84 heavy (non-hydrogen) atoms. The minimum atomic E-state index is -0.276. The van der Waals surface area contributed by atoms with Crippen molar-refractivity contribution in [3.05, 3.63) is 117 Å². The third-order valence-electron chi connectivity index (χ3n) is 18.0. The maximum Gasteiger partial charge on any atom is 0.337 e. The second kappa shape index (κ2) is 29.7. The largest absolute Gasteiger partial charge is 0.465 e. The topological polar surface area (TPSA) is 90.8 Å². The van der Waals surface area contributed by atoms with Crippen LogP contribution in [0.5, 0.6) is 0 Å². The van der Waals surface area contributed by atoms with Gasteiger partial charge in [0, 0.05) is 85.8 Å². The van der Waals surface area contributed by atoms with Gasteiger partial charge in [-0.15, -0.1) is 6.42 Å². The number of carbonyl (C=O) groups is 2. The van der Waals surface area contributed by atoms with Gasteiger partial charge in [0.05, 0.1) is 66.4 Å². The molecule has 12 rings (SSSR count). The van der Waals surface area contributed by atoms with Crippen molar-refractivity contribution in [1.82, 2.24) is 33.4 Å². The van der Waals surface area contributed by atoms with Gasteiger partial charge in [0.2, 0.25) is 0 Å². The Balaban J connectivity index is 0.000000169. The standard InChI is InChI=1S/C34H39N3O2.C27H27IN2O2.C7H13N.C4H11N/c1-4-35(5-2)19-10-14-26-23-36-20-11-21-37-30-22-25(34(38)39-3)17-18-28(30)31(24-12-7-6-8-13-24)33(37)29-16-9-15-27(26)32(29)36;1-32-27(31)18-11-12-20-23(15-18)30-14-6-13-29-16-22(28)19-9-5-10-21(25(19)29)26(30)24(20)17-7-3-2-4-8-17;1-4-7-8(5-2)6-3;1-3-5-4-2/h9,15-18,22-24H,4-8,11-13,19-21H2,1-3H3;5,9-12,15-17H,2-4,6-8,13-14H2,1H3;1H,5-7H2,2-3H3;5H,3-4H2,1-2H3. The fourth-order valence-electron chi connectivity index (χ4n) is 13.7. The molecule has 0 spiro atoms. The SMILES string of the molecule is C#CCN(CC)CC.CCN(CC)CC#Cc1cn2c3c(cccc13)-c1c(C3CCCCC3)c3ccc(C(=O)OC)cc3n1CCC2.CCNCC.COC(=O)c1ccc2c(C3CCCCC3)c3n(c2c1)CCCn1cc(I)c2cccc-3c21. The molecule has 8 aromatic rings. The lowest BCUT2D eigenvalue weighted by molar-refractivity contribution is 0.0592. The Kier molecular flexibility index (Phi) is 22.0. The predicted octanol–water partition coefficient (Wildman–Crippen LogP) is 15.9. The fourth-order valence-corrected chi connectivity index (χ4v) is 14.5. The number of esters is 2. The Labute approximate surface area is 513 Å². The number of carbonyl (C=O) groups excluding carboxylic acids is 2. The summed E-state index contributed by atoms with van der Waals surface area (Å²) in [4.78, 5) is 29.4. The van der Waals surface area contributed by atoms with Crippen molar-refractivity contribution >= 4 is 78.1 Å². The molecule has 4 aromatic heterocycles. The number of para-hydroxylation sites is 2. The molecule has 0 saturated heterocycles. The Hall–Kier alpha value is -6.29. The minimum absolute atomic E-state index is 0.266. The first kappa shape index (κ1) is 62.2. The lowest BCUT2D eigenvalue weighted by Gasteiger charge is -2.25. The van der Waals surface area contributed by atoms with E-state index in [1.54, 1.807) is 0 Å². The van der Waals surface area contributed by atoms with Crippen molar-refractivity contribution in [1.29, 1.82) is 0 Å². The molecule has 2 aliphatic carbocycles. The third-order valence-corrected chi connectivity index (χ3v) is 18.9. The predicted molar refractivity (Wildman–Crippen MR) is 358 cm³/mol. The quantitative estimate of drug-likeness (QED) is 0.0740. The van der Waals surface area contributed by atoms with Crippen LogP contribution in [0.1, 0.15) is 168 Å². The number of methoxy groups -OCH3 is 2. The van der Waals surface area contributed by atoms with Crippen LogP contribution in [-0.2, 0) is 35.7 Å². The average Bonchev–Trinajstić information content (AvgIpc) is 2.94. The summed E-state index contributed by atoms with van der Waals surface area (Å²) in [6, 6.07) is 25.9. The number of halogens is 1. The number of nitrogens with one attached hydrogen (secondary N) is 1. The van der Waals surface area contributed by atoms with E-state index >= 15 is 0 Å². The molecule has 11 nitrogen and oxygen atoms in total. The van der Waals surface area contributed by atoms with Crippen LogP contribution in [-0.4, -0.2) is 107 Å². The maximum atomic E-state index is 12.5. The number of hydrogen-bond donors (Lipinski definition) is 1. The summed E-state index contributed by atoms with van der Waals surface area (Å²) in [5, 5.41) is 8.29. The van der Waals surface area contributed by atoms with E-state index in [4.69, 9.17) is 15.9 Å². The van der Waals surface area contributed by atoms with E-state index in [2.05, 4.69) is 188 Å². The molecule has 2 aliphatic heterocycles. The Morgan fingerprint density at radius 3 is 1.49 bits per heavy atom. The summed E-state index contributed by atoms with van der Waals surface area (Å²) in [6.45, 7) is 24.5. The third kappa shape index (κ3) is 13.2. The van der Waals surface area contributed by atoms with Crippen LogP contribution in [0.4, 0.5) is 0 Å². The van der Waals surface area contributed by atoms with E-state index in [9.17, 15) is 9.59 Å². The summed E-state index contributed by atoms with van der Waals surface area (Å²) < 4.78 is 21.3. The number of rotatable bonds is 12. The molecule has 0 amide bonds. The fraction of sp³-hybridized carbons (Fsp3) is 0.472. The lowest BCUT2D eigenvalue weighted by atomic mass is 9.81. The molecule has 2 saturated carbocycles. The van der Waals surface area contributed by atoms with Crippen molar-refractivity contribution in [2.75, 3.05) is 66.6 Å². The Bertz CT molecular complexity index is 3670. The van der Waals surface area contributed by atoms with Gasteiger partial charge in [-0.1, -0.05) is 146 Å². The highest BCUT2D eigenvalue weighted by Gasteiger charge is 2.32. The van der Waals surface area contributed by atoms with Gasteiger partial charge in [-0.2, -0.15) is 0 Å². The normalized spacial score (nSPS) is 15.0. The van der Waals surface area contributed by atoms with Gasteiger partial charge >= 0.3 is 11.9 Å². The van der Waals surface area contributed by atoms with Gasteiger partial charge < -0.3 is 33.1 Å². The van der Waals surface area contributed by atoms with Crippen LogP contribution in [0.3, 0.4) is 0 Å². The smallest absolute Gasteiger partial charge is 0.337 e. The number of hydrogen-bond acceptors (Lipinski definition) is 7. The van der Waals surface area contributed by atoms with E-state index < -0.39 is 0 Å². The van der Waals surface area contributed by atoms with Gasteiger partial charge in [0.15, 0.2) is 0 Å². The van der Waals surface area contributed by atoms with E-state index in [1.165, 1.54) is 154 Å². The monoisotopic (exact) mass is 1240 g/mol. The summed E-state index contributed by atoms with van der Waals surface area (Å²) in [7, 11) is 2.92. The first-order chi connectivity index (χ1) is 41.1. The molecule has 1 N–H and O–H groups in total. The minimum Gasteiger partial charge on any atom is -0.465 e. The number of ether oxygens (including phenoxy) is 2. The van der Waals surface area contributed by atoms with E-state index in [1.807, 2.05) is 12.1 Å². The van der Waals surface area contributed by atoms with Crippen molar-refractivity contribution in [3.63, 3.8) is 0 Å². The maximum absolute atomic E-state index is 12.5. The molecule has 4 aliphatic rings. The Morgan fingerprint density at radius 2 is 1.05 bits per heavy atom. The number of aryl methyl sites for hydroxylation is 4. The van der Waals surface area contributed by atoms with Crippen molar-refractivity contribution in [2.24, 2.45) is 0 Å². The molecule has 0 atom stereocenters. The van der Waals surface area contributed by atoms with Gasteiger partial charge in [-0.05, 0) is 148 Å². The van der Waals surface area contributed by atoms with Crippen molar-refractivity contribution in [3.8, 4) is 46.7 Å². The molecule has 6 heterocycles. The van der Waals surface area contributed by atoms with E-state index in [0.29, 0.717) is 23.0 Å². The lowest BCUT2D eigenvalue weighted by Crippen LogP contribution is -2.22. The summed E-state index contributed by atoms with van der Waals surface area (Å²) in [5.74, 6) is 10.1. The van der Waals surface area contributed by atoms with E-state index in [0.717, 1.165) is 102 Å².